The van der Waals surface area contributed by atoms with Gasteiger partial charge in [0.25, 0.3) is 0 Å². The zero-order valence-electron chi connectivity index (χ0n) is 10.9. The van der Waals surface area contributed by atoms with Crippen molar-refractivity contribution in [3.8, 4) is 0 Å². The van der Waals surface area contributed by atoms with Crippen LogP contribution >= 0.6 is 0 Å². The van der Waals surface area contributed by atoms with Gasteiger partial charge >= 0.3 is 5.97 Å². The molecule has 0 spiro atoms. The second-order valence-corrected chi connectivity index (χ2v) is 5.45. The highest BCUT2D eigenvalue weighted by atomic mass is 16.5. The maximum atomic E-state index is 11.6. The lowest BCUT2D eigenvalue weighted by Gasteiger charge is -2.38. The molecule has 1 fully saturated rings. The molecule has 104 valence electrons. The van der Waals surface area contributed by atoms with Gasteiger partial charge in [0.05, 0.1) is 12.0 Å². The van der Waals surface area contributed by atoms with Gasteiger partial charge in [-0.3, -0.25) is 9.69 Å². The van der Waals surface area contributed by atoms with Crippen LogP contribution in [0.1, 0.15) is 18.7 Å². The van der Waals surface area contributed by atoms with Gasteiger partial charge in [0.1, 0.15) is 5.82 Å². The predicted octanol–water partition coefficient (Wildman–Crippen LogP) is 0.580. The second-order valence-electron chi connectivity index (χ2n) is 5.45. The monoisotopic (exact) mass is 265 g/mol. The number of hydrogen-bond donors (Lipinski definition) is 1. The molecule has 2 aliphatic rings. The molecule has 2 aliphatic heterocycles. The van der Waals surface area contributed by atoms with E-state index in [0.717, 1.165) is 25.5 Å². The molecule has 6 nitrogen and oxygen atoms in total. The average molecular weight is 265 g/mol. The number of carbonyl (C=O) groups is 1. The highest BCUT2D eigenvalue weighted by Gasteiger charge is 2.42. The molecular formula is C13H19N3O3. The number of aromatic nitrogens is 2. The van der Waals surface area contributed by atoms with E-state index < -0.39 is 11.4 Å². The van der Waals surface area contributed by atoms with Gasteiger partial charge in [-0.25, -0.2) is 4.98 Å². The molecule has 0 atom stereocenters. The summed E-state index contributed by atoms with van der Waals surface area (Å²) in [5.74, 6) is 0.337. The summed E-state index contributed by atoms with van der Waals surface area (Å²) >= 11 is 0. The molecule has 6 heteroatoms. The molecule has 3 rings (SSSR count). The van der Waals surface area contributed by atoms with Crippen LogP contribution < -0.4 is 0 Å². The maximum absolute atomic E-state index is 11.6. The predicted molar refractivity (Wildman–Crippen MR) is 67.6 cm³/mol. The smallest absolute Gasteiger partial charge is 0.311 e. The zero-order valence-corrected chi connectivity index (χ0v) is 10.9. The SMILES string of the molecule is O=C(O)C1(CN2CCn3ccnc3C2)CCOCC1. The minimum absolute atomic E-state index is 0.550. The molecule has 0 amide bonds. The number of rotatable bonds is 3. The third-order valence-corrected chi connectivity index (χ3v) is 4.25. The summed E-state index contributed by atoms with van der Waals surface area (Å²) < 4.78 is 7.44. The van der Waals surface area contributed by atoms with E-state index in [1.54, 1.807) is 6.20 Å². The zero-order chi connectivity index (χ0) is 13.3. The maximum Gasteiger partial charge on any atom is 0.311 e. The molecule has 0 bridgehead atoms. The molecule has 1 aromatic heterocycles. The van der Waals surface area contributed by atoms with Crippen molar-refractivity contribution >= 4 is 5.97 Å². The van der Waals surface area contributed by atoms with Crippen LogP contribution in [-0.4, -0.2) is 51.8 Å². The number of carboxylic acids is 1. The summed E-state index contributed by atoms with van der Waals surface area (Å²) in [5.41, 5.74) is -0.646. The van der Waals surface area contributed by atoms with Gasteiger partial charge in [0.2, 0.25) is 0 Å². The van der Waals surface area contributed by atoms with E-state index in [4.69, 9.17) is 4.74 Å². The van der Waals surface area contributed by atoms with E-state index in [1.165, 1.54) is 0 Å². The quantitative estimate of drug-likeness (QED) is 0.866. The van der Waals surface area contributed by atoms with Crippen molar-refractivity contribution in [3.63, 3.8) is 0 Å². The fourth-order valence-electron chi connectivity index (χ4n) is 2.99. The lowest BCUT2D eigenvalue weighted by molar-refractivity contribution is -0.157. The second kappa shape index (κ2) is 4.94. The first-order chi connectivity index (χ1) is 9.20. The van der Waals surface area contributed by atoms with Gasteiger partial charge in [0.15, 0.2) is 0 Å². The Morgan fingerprint density at radius 2 is 2.21 bits per heavy atom. The fraction of sp³-hybridized carbons (Fsp3) is 0.692. The van der Waals surface area contributed by atoms with Gasteiger partial charge in [0, 0.05) is 45.2 Å². The van der Waals surface area contributed by atoms with E-state index >= 15 is 0 Å². The molecule has 0 unspecified atom stereocenters. The lowest BCUT2D eigenvalue weighted by atomic mass is 9.79. The minimum atomic E-state index is -0.690. The molecular weight excluding hydrogens is 246 g/mol. The number of fused-ring (bicyclic) bond motifs is 1. The molecule has 3 heterocycles. The summed E-state index contributed by atoms with van der Waals surface area (Å²) in [6.45, 7) is 4.21. The van der Waals surface area contributed by atoms with E-state index in [9.17, 15) is 9.90 Å². The van der Waals surface area contributed by atoms with Crippen LogP contribution in [0.4, 0.5) is 0 Å². The van der Waals surface area contributed by atoms with Gasteiger partial charge in [-0.1, -0.05) is 0 Å². The molecule has 0 saturated carbocycles. The van der Waals surface area contributed by atoms with Crippen molar-refractivity contribution in [1.82, 2.24) is 14.5 Å². The van der Waals surface area contributed by atoms with Crippen LogP contribution in [0.25, 0.3) is 0 Å². The number of ether oxygens (including phenoxy) is 1. The third-order valence-electron chi connectivity index (χ3n) is 4.25. The Morgan fingerprint density at radius 3 is 2.95 bits per heavy atom. The van der Waals surface area contributed by atoms with Gasteiger partial charge in [-0.2, -0.15) is 0 Å². The minimum Gasteiger partial charge on any atom is -0.481 e. The summed E-state index contributed by atoms with van der Waals surface area (Å²) in [4.78, 5) is 18.2. The summed E-state index contributed by atoms with van der Waals surface area (Å²) in [7, 11) is 0. The fourth-order valence-corrected chi connectivity index (χ4v) is 2.99. The Morgan fingerprint density at radius 1 is 1.42 bits per heavy atom. The van der Waals surface area contributed by atoms with Crippen LogP contribution in [0.5, 0.6) is 0 Å². The normalized spacial score (nSPS) is 22.9. The Balaban J connectivity index is 1.71. The Kier molecular flexibility index (Phi) is 3.28. The Labute approximate surface area is 112 Å². The summed E-state index contributed by atoms with van der Waals surface area (Å²) in [5, 5.41) is 9.57. The van der Waals surface area contributed by atoms with Crippen molar-refractivity contribution in [2.24, 2.45) is 5.41 Å². The van der Waals surface area contributed by atoms with Crippen LogP contribution in [-0.2, 0) is 22.6 Å². The number of imidazole rings is 1. The number of aliphatic carboxylic acids is 1. The number of nitrogens with zero attached hydrogens (tertiary/aromatic N) is 3. The van der Waals surface area contributed by atoms with Crippen molar-refractivity contribution in [3.05, 3.63) is 18.2 Å². The Bertz CT molecular complexity index is 465. The topological polar surface area (TPSA) is 67.6 Å². The van der Waals surface area contributed by atoms with Crippen LogP contribution in [0.2, 0.25) is 0 Å². The third kappa shape index (κ3) is 2.37. The standard InChI is InChI=1S/C13H19N3O3/c17-12(18)13(1-7-19-8-2-13)10-15-5-6-16-4-3-14-11(16)9-15/h3-4H,1-2,5-10H2,(H,17,18). The summed E-state index contributed by atoms with van der Waals surface area (Å²) in [6, 6.07) is 0. The molecule has 0 aromatic carbocycles. The highest BCUT2D eigenvalue weighted by molar-refractivity contribution is 5.75. The number of hydrogen-bond acceptors (Lipinski definition) is 4. The van der Waals surface area contributed by atoms with Gasteiger partial charge in [-0.15, -0.1) is 0 Å². The van der Waals surface area contributed by atoms with Gasteiger partial charge < -0.3 is 14.4 Å². The number of carboxylic acid groups (broad SMARTS) is 1. The van der Waals surface area contributed by atoms with Crippen LogP contribution in [0, 0.1) is 5.41 Å². The summed E-state index contributed by atoms with van der Waals surface area (Å²) in [6.07, 6.45) is 4.99. The van der Waals surface area contributed by atoms with E-state index in [0.29, 0.717) is 32.6 Å². The molecule has 0 radical (unpaired) electrons. The molecule has 1 aromatic rings. The van der Waals surface area contributed by atoms with Gasteiger partial charge in [-0.05, 0) is 12.8 Å². The first-order valence-electron chi connectivity index (χ1n) is 6.73. The highest BCUT2D eigenvalue weighted by Crippen LogP contribution is 2.32. The molecule has 1 saturated heterocycles. The Hall–Kier alpha value is -1.40. The van der Waals surface area contributed by atoms with Crippen molar-refractivity contribution in [2.75, 3.05) is 26.3 Å². The van der Waals surface area contributed by atoms with Crippen molar-refractivity contribution in [2.45, 2.75) is 25.9 Å². The van der Waals surface area contributed by atoms with Crippen LogP contribution in [0.3, 0.4) is 0 Å². The average Bonchev–Trinajstić information content (AvgIpc) is 2.87. The van der Waals surface area contributed by atoms with Crippen LogP contribution in [0.15, 0.2) is 12.4 Å². The van der Waals surface area contributed by atoms with E-state index in [1.807, 2.05) is 6.20 Å². The van der Waals surface area contributed by atoms with E-state index in [2.05, 4.69) is 14.5 Å². The first kappa shape index (κ1) is 12.6. The molecule has 1 N–H and O–H groups in total. The first-order valence-corrected chi connectivity index (χ1v) is 6.73. The van der Waals surface area contributed by atoms with Crippen molar-refractivity contribution < 1.29 is 14.6 Å². The largest absolute Gasteiger partial charge is 0.481 e. The molecule has 19 heavy (non-hydrogen) atoms. The molecule has 0 aliphatic carbocycles. The lowest BCUT2D eigenvalue weighted by Crippen LogP contribution is -2.48. The van der Waals surface area contributed by atoms with Crippen molar-refractivity contribution in [1.29, 1.82) is 0 Å². The van der Waals surface area contributed by atoms with E-state index in [-0.39, 0.29) is 0 Å².